The fraction of sp³-hybridized carbons (Fsp3) is 0.722. The summed E-state index contributed by atoms with van der Waals surface area (Å²) in [7, 11) is 0. The van der Waals surface area contributed by atoms with E-state index in [1.165, 1.54) is 57.8 Å². The van der Waals surface area contributed by atoms with Gasteiger partial charge < -0.3 is 4.74 Å². The molecule has 0 amide bonds. The second-order valence-electron chi connectivity index (χ2n) is 5.65. The van der Waals surface area contributed by atoms with Gasteiger partial charge in [0.1, 0.15) is 5.75 Å². The molecule has 22 heavy (non-hydrogen) atoms. The average Bonchev–Trinajstić information content (AvgIpc) is 2.53. The number of hydrogen-bond acceptors (Lipinski definition) is 2. The maximum Gasteiger partial charge on any atom is 0.137 e. The first-order valence-corrected chi connectivity index (χ1v) is 9.04. The van der Waals surface area contributed by atoms with Crippen molar-refractivity contribution in [1.29, 1.82) is 0 Å². The van der Waals surface area contributed by atoms with E-state index in [-0.39, 0.29) is 12.4 Å². The van der Waals surface area contributed by atoms with Crippen molar-refractivity contribution in [2.45, 2.75) is 77.0 Å². The summed E-state index contributed by atoms with van der Waals surface area (Å²) in [5.74, 6) is 1.30. The maximum atomic E-state index is 5.70. The zero-order chi connectivity index (χ0) is 15.2. The van der Waals surface area contributed by atoms with E-state index >= 15 is 0 Å². The Labute approximate surface area is 147 Å². The van der Waals surface area contributed by atoms with Crippen LogP contribution in [0.2, 0.25) is 0 Å². The molecular formula is C18H31Cl2NO. The fourth-order valence-corrected chi connectivity index (χ4v) is 2.51. The van der Waals surface area contributed by atoms with Crippen LogP contribution in [-0.2, 0) is 5.88 Å². The summed E-state index contributed by atoms with van der Waals surface area (Å²) in [4.78, 5) is 4.21. The third-order valence-electron chi connectivity index (χ3n) is 3.70. The van der Waals surface area contributed by atoms with Gasteiger partial charge in [0.15, 0.2) is 0 Å². The predicted octanol–water partition coefficient (Wildman–Crippen LogP) is 6.54. The minimum Gasteiger partial charge on any atom is -0.492 e. The van der Waals surface area contributed by atoms with Gasteiger partial charge >= 0.3 is 0 Å². The molecule has 1 heterocycles. The topological polar surface area (TPSA) is 22.1 Å². The van der Waals surface area contributed by atoms with Crippen LogP contribution in [0.5, 0.6) is 5.75 Å². The number of halogens is 2. The standard InChI is InChI=1S/C18H30ClNO.ClH/c1-2-3-4-5-6-7-8-9-10-11-14-21-18-13-12-17(15-19)20-16-18;/h12-13,16H,2-11,14-15H2,1H3;1H. The summed E-state index contributed by atoms with van der Waals surface area (Å²) in [5, 5.41) is 0. The molecule has 0 aliphatic carbocycles. The van der Waals surface area contributed by atoms with E-state index in [0.717, 1.165) is 24.5 Å². The number of rotatable bonds is 13. The summed E-state index contributed by atoms with van der Waals surface area (Å²) >= 11 is 5.70. The zero-order valence-electron chi connectivity index (χ0n) is 13.9. The molecule has 4 heteroatoms. The lowest BCUT2D eigenvalue weighted by Gasteiger charge is -2.06. The van der Waals surface area contributed by atoms with Gasteiger partial charge in [0.2, 0.25) is 0 Å². The molecule has 1 aromatic heterocycles. The molecule has 128 valence electrons. The van der Waals surface area contributed by atoms with Gasteiger partial charge in [0, 0.05) is 0 Å². The number of pyridine rings is 1. The van der Waals surface area contributed by atoms with Crippen molar-refractivity contribution in [2.75, 3.05) is 6.61 Å². The van der Waals surface area contributed by atoms with Crippen LogP contribution in [0.25, 0.3) is 0 Å². The van der Waals surface area contributed by atoms with Crippen molar-refractivity contribution in [1.82, 2.24) is 4.98 Å². The van der Waals surface area contributed by atoms with Crippen molar-refractivity contribution in [3.63, 3.8) is 0 Å². The van der Waals surface area contributed by atoms with E-state index in [4.69, 9.17) is 16.3 Å². The molecule has 0 radical (unpaired) electrons. The molecule has 0 bridgehead atoms. The second-order valence-corrected chi connectivity index (χ2v) is 5.92. The van der Waals surface area contributed by atoms with E-state index in [1.807, 2.05) is 12.1 Å². The lowest BCUT2D eigenvalue weighted by Crippen LogP contribution is -1.98. The highest BCUT2D eigenvalue weighted by molar-refractivity contribution is 6.16. The molecule has 0 aliphatic heterocycles. The minimum absolute atomic E-state index is 0. The normalized spacial score (nSPS) is 10.3. The quantitative estimate of drug-likeness (QED) is 0.298. The molecule has 2 nitrogen and oxygen atoms in total. The van der Waals surface area contributed by atoms with E-state index in [2.05, 4.69) is 11.9 Å². The van der Waals surface area contributed by atoms with E-state index in [0.29, 0.717) is 5.88 Å². The Morgan fingerprint density at radius 3 is 2.00 bits per heavy atom. The van der Waals surface area contributed by atoms with Crippen LogP contribution in [0.4, 0.5) is 0 Å². The predicted molar refractivity (Wildman–Crippen MR) is 98.4 cm³/mol. The highest BCUT2D eigenvalue weighted by Gasteiger charge is 1.97. The van der Waals surface area contributed by atoms with E-state index in [1.54, 1.807) is 6.20 Å². The number of nitrogens with zero attached hydrogens (tertiary/aromatic N) is 1. The Kier molecular flexibility index (Phi) is 15.1. The molecule has 0 aliphatic rings. The molecule has 0 saturated carbocycles. The lowest BCUT2D eigenvalue weighted by atomic mass is 10.1. The Morgan fingerprint density at radius 2 is 1.50 bits per heavy atom. The average molecular weight is 348 g/mol. The number of alkyl halides is 1. The van der Waals surface area contributed by atoms with E-state index < -0.39 is 0 Å². The number of ether oxygens (including phenoxy) is 1. The van der Waals surface area contributed by atoms with Gasteiger partial charge in [-0.2, -0.15) is 0 Å². The fourth-order valence-electron chi connectivity index (χ4n) is 2.35. The van der Waals surface area contributed by atoms with Crippen LogP contribution in [0, 0.1) is 0 Å². The van der Waals surface area contributed by atoms with Crippen LogP contribution >= 0.6 is 24.0 Å². The van der Waals surface area contributed by atoms with Gasteiger partial charge in [-0.1, -0.05) is 64.7 Å². The molecule has 0 N–H and O–H groups in total. The molecule has 0 spiro atoms. The van der Waals surface area contributed by atoms with Crippen molar-refractivity contribution < 1.29 is 4.74 Å². The number of aromatic nitrogens is 1. The first-order chi connectivity index (χ1) is 10.4. The Balaban J connectivity index is 0.00000441. The van der Waals surface area contributed by atoms with Crippen LogP contribution in [-0.4, -0.2) is 11.6 Å². The third-order valence-corrected chi connectivity index (χ3v) is 3.97. The van der Waals surface area contributed by atoms with Crippen LogP contribution in [0.1, 0.15) is 76.8 Å². The maximum absolute atomic E-state index is 5.70. The molecule has 0 unspecified atom stereocenters. The Bertz CT molecular complexity index is 343. The van der Waals surface area contributed by atoms with Gasteiger partial charge in [-0.15, -0.1) is 24.0 Å². The van der Waals surface area contributed by atoms with E-state index in [9.17, 15) is 0 Å². The summed E-state index contributed by atoms with van der Waals surface area (Å²) in [6, 6.07) is 3.86. The number of hydrogen-bond donors (Lipinski definition) is 0. The van der Waals surface area contributed by atoms with Crippen LogP contribution in [0.3, 0.4) is 0 Å². The van der Waals surface area contributed by atoms with Crippen LogP contribution < -0.4 is 4.74 Å². The van der Waals surface area contributed by atoms with Gasteiger partial charge in [-0.25, -0.2) is 0 Å². The summed E-state index contributed by atoms with van der Waals surface area (Å²) in [6.45, 7) is 3.06. The third kappa shape index (κ3) is 11.1. The Hall–Kier alpha value is -0.470. The van der Waals surface area contributed by atoms with Crippen molar-refractivity contribution in [2.24, 2.45) is 0 Å². The zero-order valence-corrected chi connectivity index (χ0v) is 15.4. The van der Waals surface area contributed by atoms with Crippen LogP contribution in [0.15, 0.2) is 18.3 Å². The van der Waals surface area contributed by atoms with Crippen molar-refractivity contribution in [3.8, 4) is 5.75 Å². The highest BCUT2D eigenvalue weighted by Crippen LogP contribution is 2.13. The monoisotopic (exact) mass is 347 g/mol. The molecule has 1 rings (SSSR count). The van der Waals surface area contributed by atoms with Gasteiger partial charge in [0.05, 0.1) is 24.4 Å². The number of unbranched alkanes of at least 4 members (excludes halogenated alkanes) is 9. The smallest absolute Gasteiger partial charge is 0.137 e. The van der Waals surface area contributed by atoms with Crippen molar-refractivity contribution >= 4 is 24.0 Å². The highest BCUT2D eigenvalue weighted by atomic mass is 35.5. The molecular weight excluding hydrogens is 317 g/mol. The minimum atomic E-state index is 0. The lowest BCUT2D eigenvalue weighted by molar-refractivity contribution is 0.303. The molecule has 0 aromatic carbocycles. The molecule has 0 saturated heterocycles. The second kappa shape index (κ2) is 15.4. The molecule has 0 fully saturated rings. The van der Waals surface area contributed by atoms with Gasteiger partial charge in [0.25, 0.3) is 0 Å². The van der Waals surface area contributed by atoms with Gasteiger partial charge in [-0.05, 0) is 18.6 Å². The molecule has 1 aromatic rings. The summed E-state index contributed by atoms with van der Waals surface area (Å²) in [5.41, 5.74) is 0.892. The Morgan fingerprint density at radius 1 is 0.909 bits per heavy atom. The first-order valence-electron chi connectivity index (χ1n) is 8.50. The molecule has 0 atom stereocenters. The summed E-state index contributed by atoms with van der Waals surface area (Å²) < 4.78 is 5.67. The van der Waals surface area contributed by atoms with Crippen molar-refractivity contribution in [3.05, 3.63) is 24.0 Å². The van der Waals surface area contributed by atoms with Gasteiger partial charge in [-0.3, -0.25) is 4.98 Å². The first kappa shape index (κ1) is 21.5. The SMILES string of the molecule is CCCCCCCCCCCCOc1ccc(CCl)nc1.Cl. The summed E-state index contributed by atoms with van der Waals surface area (Å²) in [6.07, 6.45) is 15.2. The largest absolute Gasteiger partial charge is 0.492 e.